The van der Waals surface area contributed by atoms with Gasteiger partial charge in [0.05, 0.1) is 17.6 Å². The Hall–Kier alpha value is -3.68. The van der Waals surface area contributed by atoms with Crippen LogP contribution in [-0.2, 0) is 12.7 Å². The van der Waals surface area contributed by atoms with Crippen LogP contribution in [0.1, 0.15) is 21.5 Å². The van der Waals surface area contributed by atoms with E-state index in [-0.39, 0.29) is 17.9 Å². The summed E-state index contributed by atoms with van der Waals surface area (Å²) in [6.07, 6.45) is -4.40. The molecule has 0 spiro atoms. The lowest BCUT2D eigenvalue weighted by Gasteiger charge is -2.08. The first kappa shape index (κ1) is 19.6. The van der Waals surface area contributed by atoms with Gasteiger partial charge >= 0.3 is 6.18 Å². The van der Waals surface area contributed by atoms with Gasteiger partial charge < -0.3 is 5.32 Å². The zero-order chi connectivity index (χ0) is 21.3. The molecule has 0 unspecified atom stereocenters. The second-order valence-electron chi connectivity index (χ2n) is 6.68. The summed E-state index contributed by atoms with van der Waals surface area (Å²) in [6, 6.07) is 17.3. The maximum absolute atomic E-state index is 13.4. The zero-order valence-electron chi connectivity index (χ0n) is 15.4. The van der Waals surface area contributed by atoms with Crippen molar-refractivity contribution in [1.29, 1.82) is 0 Å². The summed E-state index contributed by atoms with van der Waals surface area (Å²) >= 11 is 0. The largest absolute Gasteiger partial charge is 0.416 e. The highest BCUT2D eigenvalue weighted by atomic mass is 19.4. The molecule has 0 aliphatic carbocycles. The Labute approximate surface area is 168 Å². The number of hydrogen-bond acceptors (Lipinski definition) is 2. The maximum atomic E-state index is 13.4. The first-order valence-corrected chi connectivity index (χ1v) is 9.00. The smallest absolute Gasteiger partial charge is 0.305 e. The van der Waals surface area contributed by atoms with E-state index >= 15 is 0 Å². The van der Waals surface area contributed by atoms with Gasteiger partial charge in [-0.05, 0) is 48.0 Å². The Balaban J connectivity index is 1.63. The molecule has 8 heteroatoms. The van der Waals surface area contributed by atoms with E-state index in [4.69, 9.17) is 0 Å². The molecule has 30 heavy (non-hydrogen) atoms. The van der Waals surface area contributed by atoms with Crippen molar-refractivity contribution in [2.75, 3.05) is 5.32 Å². The first-order chi connectivity index (χ1) is 14.3. The van der Waals surface area contributed by atoms with Crippen molar-refractivity contribution < 1.29 is 22.4 Å². The molecule has 1 aromatic heterocycles. The molecule has 4 nitrogen and oxygen atoms in total. The summed E-state index contributed by atoms with van der Waals surface area (Å²) in [7, 11) is 0. The van der Waals surface area contributed by atoms with Gasteiger partial charge in [0.1, 0.15) is 5.82 Å². The summed E-state index contributed by atoms with van der Waals surface area (Å²) in [5, 5.41) is 7.75. The van der Waals surface area contributed by atoms with E-state index in [1.165, 1.54) is 30.3 Å². The summed E-state index contributed by atoms with van der Waals surface area (Å²) in [5.74, 6) is -0.758. The molecular weight excluding hydrogens is 398 g/mol. The molecule has 1 heterocycles. The van der Waals surface area contributed by atoms with Crippen LogP contribution in [0.2, 0.25) is 0 Å². The van der Waals surface area contributed by atoms with Gasteiger partial charge in [0, 0.05) is 10.9 Å². The molecule has 0 saturated carbocycles. The Morgan fingerprint density at radius 3 is 2.40 bits per heavy atom. The predicted octanol–water partition coefficient (Wildman–Crippen LogP) is 5.49. The highest BCUT2D eigenvalue weighted by molar-refractivity contribution is 6.07. The number of carbonyl (C=O) groups excluding carboxylic acids is 1. The van der Waals surface area contributed by atoms with Gasteiger partial charge in [-0.25, -0.2) is 4.39 Å². The number of alkyl halides is 3. The van der Waals surface area contributed by atoms with E-state index in [1.807, 2.05) is 0 Å². The van der Waals surface area contributed by atoms with E-state index in [9.17, 15) is 22.4 Å². The highest BCUT2D eigenvalue weighted by Crippen LogP contribution is 2.29. The second-order valence-corrected chi connectivity index (χ2v) is 6.68. The molecule has 0 fully saturated rings. The summed E-state index contributed by atoms with van der Waals surface area (Å²) in [4.78, 5) is 12.5. The molecule has 0 aliphatic heterocycles. The van der Waals surface area contributed by atoms with Crippen LogP contribution >= 0.6 is 0 Å². The minimum atomic E-state index is -4.40. The number of anilines is 1. The number of fused-ring (bicyclic) bond motifs is 1. The van der Waals surface area contributed by atoms with Gasteiger partial charge in [0.15, 0.2) is 5.82 Å². The molecular formula is C22H15F4N3O. The number of aromatic nitrogens is 2. The quantitative estimate of drug-likeness (QED) is 0.450. The van der Waals surface area contributed by atoms with Crippen LogP contribution in [0, 0.1) is 5.82 Å². The zero-order valence-corrected chi connectivity index (χ0v) is 15.4. The fourth-order valence-electron chi connectivity index (χ4n) is 3.12. The molecule has 0 radical (unpaired) electrons. The third-order valence-corrected chi connectivity index (χ3v) is 4.59. The number of halogens is 4. The molecule has 0 saturated heterocycles. The van der Waals surface area contributed by atoms with E-state index < -0.39 is 23.5 Å². The van der Waals surface area contributed by atoms with E-state index in [0.717, 1.165) is 18.2 Å². The number of nitrogens with zero attached hydrogens (tertiary/aromatic N) is 2. The standard InChI is InChI=1S/C22H15F4N3O/c23-17-5-3-4-15(12-17)21(30)27-20-18-6-1-2-7-19(18)29(28-20)13-14-8-10-16(11-9-14)22(24,25)26/h1-12H,13H2,(H,27,28,30). The molecule has 0 atom stereocenters. The van der Waals surface area contributed by atoms with E-state index in [1.54, 1.807) is 28.9 Å². The molecule has 0 aliphatic rings. The number of benzene rings is 3. The molecule has 4 aromatic rings. The minimum absolute atomic E-state index is 0.149. The van der Waals surface area contributed by atoms with Crippen LogP contribution < -0.4 is 5.32 Å². The van der Waals surface area contributed by atoms with Crippen LogP contribution in [0.25, 0.3) is 10.9 Å². The first-order valence-electron chi connectivity index (χ1n) is 9.00. The third-order valence-electron chi connectivity index (χ3n) is 4.59. The topological polar surface area (TPSA) is 46.9 Å². The Morgan fingerprint density at radius 2 is 1.70 bits per heavy atom. The molecule has 1 N–H and O–H groups in total. The lowest BCUT2D eigenvalue weighted by atomic mass is 10.1. The average Bonchev–Trinajstić information content (AvgIpc) is 3.05. The van der Waals surface area contributed by atoms with E-state index in [2.05, 4.69) is 10.4 Å². The van der Waals surface area contributed by atoms with Gasteiger partial charge in [-0.3, -0.25) is 9.48 Å². The van der Waals surface area contributed by atoms with Crippen molar-refractivity contribution in [1.82, 2.24) is 9.78 Å². The SMILES string of the molecule is O=C(Nc1nn(Cc2ccc(C(F)(F)F)cc2)c2ccccc12)c1cccc(F)c1. The Bertz CT molecular complexity index is 1210. The molecule has 152 valence electrons. The normalized spacial score (nSPS) is 11.6. The van der Waals surface area contributed by atoms with Crippen molar-refractivity contribution >= 4 is 22.6 Å². The van der Waals surface area contributed by atoms with Crippen LogP contribution in [0.5, 0.6) is 0 Å². The molecule has 0 bridgehead atoms. The second kappa shape index (κ2) is 7.62. The van der Waals surface area contributed by atoms with Crippen molar-refractivity contribution in [2.24, 2.45) is 0 Å². The van der Waals surface area contributed by atoms with Gasteiger partial charge in [-0.15, -0.1) is 0 Å². The van der Waals surface area contributed by atoms with Gasteiger partial charge in [0.2, 0.25) is 0 Å². The lowest BCUT2D eigenvalue weighted by molar-refractivity contribution is -0.137. The van der Waals surface area contributed by atoms with Crippen LogP contribution in [0.3, 0.4) is 0 Å². The number of para-hydroxylation sites is 1. The van der Waals surface area contributed by atoms with Crippen LogP contribution in [0.15, 0.2) is 72.8 Å². The predicted molar refractivity (Wildman–Crippen MR) is 105 cm³/mol. The molecule has 4 rings (SSSR count). The number of hydrogen-bond donors (Lipinski definition) is 1. The lowest BCUT2D eigenvalue weighted by Crippen LogP contribution is -2.13. The van der Waals surface area contributed by atoms with Crippen LogP contribution in [-0.4, -0.2) is 15.7 Å². The summed E-state index contributed by atoms with van der Waals surface area (Å²) in [6.45, 7) is 0.217. The van der Waals surface area contributed by atoms with Crippen molar-refractivity contribution in [3.05, 3.63) is 95.3 Å². The van der Waals surface area contributed by atoms with Gasteiger partial charge in [0.25, 0.3) is 5.91 Å². The minimum Gasteiger partial charge on any atom is -0.305 e. The molecule has 3 aromatic carbocycles. The number of amides is 1. The van der Waals surface area contributed by atoms with Gasteiger partial charge in [-0.2, -0.15) is 18.3 Å². The summed E-state index contributed by atoms with van der Waals surface area (Å²) in [5.41, 5.74) is 0.752. The fourth-order valence-corrected chi connectivity index (χ4v) is 3.12. The van der Waals surface area contributed by atoms with Crippen molar-refractivity contribution in [3.8, 4) is 0 Å². The molecule has 1 amide bonds. The van der Waals surface area contributed by atoms with Gasteiger partial charge in [-0.1, -0.05) is 30.3 Å². The summed E-state index contributed by atoms with van der Waals surface area (Å²) < 4.78 is 53.3. The van der Waals surface area contributed by atoms with E-state index in [0.29, 0.717) is 16.5 Å². The number of rotatable bonds is 4. The van der Waals surface area contributed by atoms with Crippen molar-refractivity contribution in [2.45, 2.75) is 12.7 Å². The number of carbonyl (C=O) groups is 1. The highest BCUT2D eigenvalue weighted by Gasteiger charge is 2.30. The fraction of sp³-hybridized carbons (Fsp3) is 0.0909. The maximum Gasteiger partial charge on any atom is 0.416 e. The Kier molecular flexibility index (Phi) is 4.99. The third kappa shape index (κ3) is 4.03. The monoisotopic (exact) mass is 413 g/mol. The van der Waals surface area contributed by atoms with Crippen LogP contribution in [0.4, 0.5) is 23.4 Å². The Morgan fingerprint density at radius 1 is 0.967 bits per heavy atom. The average molecular weight is 413 g/mol. The van der Waals surface area contributed by atoms with Crippen molar-refractivity contribution in [3.63, 3.8) is 0 Å². The number of nitrogens with one attached hydrogen (secondary N) is 1.